The summed E-state index contributed by atoms with van der Waals surface area (Å²) >= 11 is -1.60. The van der Waals surface area contributed by atoms with Crippen LogP contribution in [0, 0.1) is 11.6 Å². The summed E-state index contributed by atoms with van der Waals surface area (Å²) < 4.78 is 221. The van der Waals surface area contributed by atoms with E-state index in [1.54, 1.807) is 0 Å². The molecule has 1 N–H and O–H groups in total. The van der Waals surface area contributed by atoms with Crippen LogP contribution in [-0.4, -0.2) is 57.6 Å². The predicted molar refractivity (Wildman–Crippen MR) is 110 cm³/mol. The second kappa shape index (κ2) is 10.4. The first kappa shape index (κ1) is 33.1. The highest BCUT2D eigenvalue weighted by Crippen LogP contribution is 2.52. The number of hydrogen-bond acceptors (Lipinski definition) is 8. The molecule has 220 valence electrons. The van der Waals surface area contributed by atoms with Crippen molar-refractivity contribution in [2.45, 2.75) is 37.4 Å². The summed E-state index contributed by atoms with van der Waals surface area (Å²) in [7, 11) is -18.6. The molecule has 0 aliphatic heterocycles. The van der Waals surface area contributed by atoms with Gasteiger partial charge in [-0.05, 0) is 36.0 Å². The van der Waals surface area contributed by atoms with Crippen LogP contribution >= 0.6 is 11.8 Å². The quantitative estimate of drug-likeness (QED) is 0.210. The van der Waals surface area contributed by atoms with Crippen LogP contribution < -0.4 is 0 Å². The maximum absolute atomic E-state index is 14.2. The van der Waals surface area contributed by atoms with E-state index in [9.17, 15) is 69.2 Å². The summed E-state index contributed by atoms with van der Waals surface area (Å²) in [5, 5.41) is -16.2. The molecule has 8 nitrogen and oxygen atoms in total. The van der Waals surface area contributed by atoms with E-state index < -0.39 is 95.7 Å². The Bertz CT molecular complexity index is 1580. The lowest BCUT2D eigenvalue weighted by Gasteiger charge is -2.32. The lowest BCUT2D eigenvalue weighted by molar-refractivity contribution is -0.441. The molecule has 0 atom stereocenters. The van der Waals surface area contributed by atoms with Crippen LogP contribution in [0.2, 0.25) is 0 Å². The van der Waals surface area contributed by atoms with Crippen molar-refractivity contribution in [2.24, 2.45) is 0 Å². The molecule has 0 heterocycles. The molecular weight excluding hydrogens is 650 g/mol. The fourth-order valence-electron chi connectivity index (χ4n) is 2.48. The van der Waals surface area contributed by atoms with Crippen LogP contribution in [0.4, 0.5) is 43.9 Å². The highest BCUT2D eigenvalue weighted by atomic mass is 32.3. The minimum Gasteiger partial charge on any atom is -0.282 e. The van der Waals surface area contributed by atoms with E-state index in [0.29, 0.717) is 12.1 Å². The summed E-state index contributed by atoms with van der Waals surface area (Å²) in [6.07, 6.45) is -13.8. The number of sulfone groups is 2. The van der Waals surface area contributed by atoms with Crippen LogP contribution in [0.15, 0.2) is 57.2 Å². The van der Waals surface area contributed by atoms with Crippen molar-refractivity contribution in [3.8, 4) is 0 Å². The highest BCUT2D eigenvalue weighted by molar-refractivity contribution is 8.08. The number of halogens is 10. The van der Waals surface area contributed by atoms with Gasteiger partial charge in [0.25, 0.3) is 10.1 Å². The Balaban J connectivity index is 2.43. The van der Waals surface area contributed by atoms with Gasteiger partial charge >= 0.3 is 22.7 Å². The summed E-state index contributed by atoms with van der Waals surface area (Å²) in [6, 6.07) is 2.38. The van der Waals surface area contributed by atoms with Crippen molar-refractivity contribution in [3.05, 3.63) is 54.1 Å². The molecule has 0 radical (unpaired) electrons. The van der Waals surface area contributed by atoms with E-state index in [0.717, 1.165) is 6.07 Å². The maximum atomic E-state index is 14.2. The van der Waals surface area contributed by atoms with Gasteiger partial charge in [0.15, 0.2) is 14.9 Å². The largest absolute Gasteiger partial charge is 0.439 e. The smallest absolute Gasteiger partial charge is 0.282 e. The molecule has 0 amide bonds. The first-order chi connectivity index (χ1) is 17.3. The normalized spacial score (nSPS) is 14.4. The van der Waals surface area contributed by atoms with Crippen molar-refractivity contribution in [2.75, 3.05) is 5.08 Å². The first-order valence-corrected chi connectivity index (χ1v) is 14.7. The number of alkyl halides is 8. The topological polar surface area (TPSA) is 132 Å². The third-order valence-corrected chi connectivity index (χ3v) is 10.8. The average Bonchev–Trinajstić information content (AvgIpc) is 2.73. The Hall–Kier alpha value is -2.14. The molecule has 39 heavy (non-hydrogen) atoms. The second-order valence-electron chi connectivity index (χ2n) is 7.12. The summed E-state index contributed by atoms with van der Waals surface area (Å²) in [4.78, 5) is -4.77. The number of ether oxygens (including phenoxy) is 1. The summed E-state index contributed by atoms with van der Waals surface area (Å²) in [5.41, 5.74) is 0. The zero-order valence-corrected chi connectivity index (χ0v) is 21.2. The van der Waals surface area contributed by atoms with Gasteiger partial charge < -0.3 is 0 Å². The van der Waals surface area contributed by atoms with E-state index in [-0.39, 0.29) is 24.3 Å². The lowest BCUT2D eigenvalue weighted by Crippen LogP contribution is -2.56. The van der Waals surface area contributed by atoms with Crippen molar-refractivity contribution >= 4 is 41.6 Å². The zero-order valence-electron chi connectivity index (χ0n) is 18.0. The Labute approximate surface area is 216 Å². The van der Waals surface area contributed by atoms with Crippen molar-refractivity contribution in [3.63, 3.8) is 0 Å². The zero-order chi connectivity index (χ0) is 30.5. The molecule has 0 saturated carbocycles. The molecule has 0 spiro atoms. The molecule has 0 aromatic heterocycles. The van der Waals surface area contributed by atoms with Gasteiger partial charge in [0.05, 0.1) is 4.90 Å². The first-order valence-electron chi connectivity index (χ1n) is 9.14. The molecule has 0 saturated heterocycles. The molecule has 22 heteroatoms. The van der Waals surface area contributed by atoms with Gasteiger partial charge in [0, 0.05) is 11.0 Å². The summed E-state index contributed by atoms with van der Waals surface area (Å²) in [5.74, 6) is -3.29. The van der Waals surface area contributed by atoms with Crippen molar-refractivity contribution in [1.82, 2.24) is 0 Å². The van der Waals surface area contributed by atoms with E-state index in [1.165, 1.54) is 0 Å². The number of benzene rings is 2. The summed E-state index contributed by atoms with van der Waals surface area (Å²) in [6.45, 7) is 0. The second-order valence-corrected chi connectivity index (χ2v) is 14.0. The highest BCUT2D eigenvalue weighted by Gasteiger charge is 2.74. The van der Waals surface area contributed by atoms with E-state index in [2.05, 4.69) is 4.74 Å². The monoisotopic (exact) mass is 660 g/mol. The maximum Gasteiger partial charge on any atom is 0.439 e. The van der Waals surface area contributed by atoms with Gasteiger partial charge in [0.1, 0.15) is 16.5 Å². The fourth-order valence-corrected chi connectivity index (χ4v) is 8.28. The number of rotatable bonds is 11. The SMILES string of the molecule is O=S(=O)(O)c1ccccc1S(=O)(=O)CS(=O)(=O)C(F)(F)C(F)(F)OC(F)(F)C(F)(F)Sc1ccc(F)cc1F. The van der Waals surface area contributed by atoms with Crippen LogP contribution in [-0.2, 0) is 34.5 Å². The van der Waals surface area contributed by atoms with E-state index in [4.69, 9.17) is 4.55 Å². The molecule has 2 aromatic rings. The molecular formula is C17H10F10O8S4. The third-order valence-electron chi connectivity index (χ3n) is 4.23. The van der Waals surface area contributed by atoms with Gasteiger partial charge in [0.2, 0.25) is 9.84 Å². The van der Waals surface area contributed by atoms with Gasteiger partial charge in [-0.1, -0.05) is 12.1 Å². The average molecular weight is 661 g/mol. The van der Waals surface area contributed by atoms with Gasteiger partial charge in [-0.3, -0.25) is 4.55 Å². The Morgan fingerprint density at radius 1 is 0.769 bits per heavy atom. The van der Waals surface area contributed by atoms with Gasteiger partial charge in [-0.25, -0.2) is 30.4 Å². The molecule has 0 aliphatic carbocycles. The third kappa shape index (κ3) is 6.78. The van der Waals surface area contributed by atoms with E-state index in [1.807, 2.05) is 0 Å². The van der Waals surface area contributed by atoms with Crippen molar-refractivity contribution < 1.29 is 78.4 Å². The predicted octanol–water partition coefficient (Wildman–Crippen LogP) is 4.54. The van der Waals surface area contributed by atoms with Gasteiger partial charge in [-0.2, -0.15) is 43.5 Å². The van der Waals surface area contributed by atoms with Crippen LogP contribution in [0.25, 0.3) is 0 Å². The van der Waals surface area contributed by atoms with Crippen molar-refractivity contribution in [1.29, 1.82) is 0 Å². The van der Waals surface area contributed by atoms with Gasteiger partial charge in [-0.15, -0.1) is 0 Å². The number of thioether (sulfide) groups is 1. The van der Waals surface area contributed by atoms with E-state index >= 15 is 0 Å². The molecule has 0 unspecified atom stereocenters. The molecule has 0 fully saturated rings. The molecule has 0 bridgehead atoms. The minimum absolute atomic E-state index is 0.0899. The molecule has 2 rings (SSSR count). The fraction of sp³-hybridized carbons (Fsp3) is 0.294. The van der Waals surface area contributed by atoms with Crippen LogP contribution in [0.3, 0.4) is 0 Å². The standard InChI is InChI=1S/C17H10F10O8S4/c18-9-5-6-11(10(19)7-9)36-16(24,25)14(20,21)35-15(22,23)17(26,27)38(30,31)8-37(28,29)12-3-1-2-4-13(12)39(32,33)34/h1-7H,8H2,(H,32,33,34). The molecule has 0 aliphatic rings. The number of hydrogen-bond donors (Lipinski definition) is 1. The van der Waals surface area contributed by atoms with Crippen LogP contribution in [0.1, 0.15) is 0 Å². The lowest BCUT2D eigenvalue weighted by atomic mass is 10.3. The minimum atomic E-state index is -7.23. The van der Waals surface area contributed by atoms with Crippen LogP contribution in [0.5, 0.6) is 0 Å². The Morgan fingerprint density at radius 2 is 1.28 bits per heavy atom. The molecule has 2 aromatic carbocycles. The Kier molecular flexibility index (Phi) is 8.78. The Morgan fingerprint density at radius 3 is 1.77 bits per heavy atom.